The molecule has 1 aliphatic rings. The molecule has 1 N–H and O–H groups in total. The van der Waals surface area contributed by atoms with Gasteiger partial charge in [0.25, 0.3) is 5.56 Å². The average molecular weight is 507 g/mol. The molecule has 188 valence electrons. The Morgan fingerprint density at radius 1 is 1.20 bits per heavy atom. The molecule has 0 radical (unpaired) electrons. The number of carbonyl (C=O) groups excluding carboxylic acids is 1. The number of fused-ring (bicyclic) bond motifs is 3. The monoisotopic (exact) mass is 506 g/mol. The molecule has 1 atom stereocenters. The summed E-state index contributed by atoms with van der Waals surface area (Å²) in [4.78, 5) is 35.8. The third-order valence-corrected chi connectivity index (χ3v) is 7.80. The van der Waals surface area contributed by atoms with Crippen molar-refractivity contribution in [2.75, 3.05) is 18.4 Å². The van der Waals surface area contributed by atoms with Crippen molar-refractivity contribution in [3.05, 3.63) is 56.4 Å². The summed E-state index contributed by atoms with van der Waals surface area (Å²) in [6, 6.07) is 3.78. The molecule has 3 aromatic rings. The number of alkyl halides is 3. The number of rotatable bonds is 7. The number of hydrogen-bond donors (Lipinski definition) is 1. The summed E-state index contributed by atoms with van der Waals surface area (Å²) in [5.41, 5.74) is -0.566. The Bertz CT molecular complexity index is 1290. The van der Waals surface area contributed by atoms with Gasteiger partial charge in [0.05, 0.1) is 23.2 Å². The average Bonchev–Trinajstić information content (AvgIpc) is 3.20. The molecule has 1 unspecified atom stereocenters. The predicted molar refractivity (Wildman–Crippen MR) is 132 cm³/mol. The van der Waals surface area contributed by atoms with Crippen molar-refractivity contribution in [3.8, 4) is 0 Å². The van der Waals surface area contributed by atoms with Gasteiger partial charge in [-0.2, -0.15) is 13.2 Å². The molecule has 0 spiro atoms. The number of aryl methyl sites for hydroxylation is 2. The number of amides is 1. The van der Waals surface area contributed by atoms with Crippen molar-refractivity contribution < 1.29 is 18.0 Å². The van der Waals surface area contributed by atoms with E-state index in [2.05, 4.69) is 10.2 Å². The molecule has 2 heterocycles. The highest BCUT2D eigenvalue weighted by Gasteiger charge is 2.34. The number of para-hydroxylation sites is 1. The van der Waals surface area contributed by atoms with E-state index >= 15 is 0 Å². The number of carbonyl (C=O) groups is 1. The second-order valence-electron chi connectivity index (χ2n) is 8.76. The van der Waals surface area contributed by atoms with E-state index in [0.717, 1.165) is 50.4 Å². The van der Waals surface area contributed by atoms with Crippen molar-refractivity contribution in [1.82, 2.24) is 14.5 Å². The van der Waals surface area contributed by atoms with E-state index in [1.54, 1.807) is 0 Å². The topological polar surface area (TPSA) is 67.2 Å². The van der Waals surface area contributed by atoms with Gasteiger partial charge in [0.2, 0.25) is 5.91 Å². The Balaban J connectivity index is 1.80. The zero-order chi connectivity index (χ0) is 25.3. The molecule has 0 saturated heterocycles. The number of hydrogen-bond acceptors (Lipinski definition) is 5. The first-order chi connectivity index (χ1) is 16.7. The number of aromatic nitrogens is 2. The molecule has 2 aromatic heterocycles. The van der Waals surface area contributed by atoms with E-state index in [1.807, 2.05) is 13.8 Å². The minimum Gasteiger partial charge on any atom is -0.324 e. The van der Waals surface area contributed by atoms with Crippen LogP contribution in [0.25, 0.3) is 10.2 Å². The molecule has 0 fully saturated rings. The smallest absolute Gasteiger partial charge is 0.324 e. The molecule has 0 saturated carbocycles. The molecule has 0 aliphatic heterocycles. The summed E-state index contributed by atoms with van der Waals surface area (Å²) in [6.45, 7) is 7.34. The van der Waals surface area contributed by atoms with E-state index in [4.69, 9.17) is 4.98 Å². The lowest BCUT2D eigenvalue weighted by atomic mass is 9.97. The molecule has 1 aliphatic carbocycles. The highest BCUT2D eigenvalue weighted by molar-refractivity contribution is 7.18. The number of nitrogens with zero attached hydrogens (tertiary/aromatic N) is 3. The van der Waals surface area contributed by atoms with Gasteiger partial charge >= 0.3 is 6.18 Å². The minimum atomic E-state index is -4.62. The highest BCUT2D eigenvalue weighted by atomic mass is 32.1. The van der Waals surface area contributed by atoms with Crippen LogP contribution in [0.4, 0.5) is 18.9 Å². The summed E-state index contributed by atoms with van der Waals surface area (Å²) in [7, 11) is 0. The first kappa shape index (κ1) is 25.4. The SMILES string of the molecule is CCN(CC)Cc1nc2sc3c(c2c(=O)n1C(C)C(=O)Nc1ccccc1C(F)(F)F)CCCC3. The normalized spacial score (nSPS) is 14.8. The lowest BCUT2D eigenvalue weighted by molar-refractivity contribution is -0.137. The van der Waals surface area contributed by atoms with E-state index in [9.17, 15) is 22.8 Å². The predicted octanol–water partition coefficient (Wildman–Crippen LogP) is 5.40. The van der Waals surface area contributed by atoms with Crippen LogP contribution in [-0.2, 0) is 30.4 Å². The first-order valence-corrected chi connectivity index (χ1v) is 12.7. The zero-order valence-corrected chi connectivity index (χ0v) is 20.9. The number of anilines is 1. The maximum atomic E-state index is 13.8. The van der Waals surface area contributed by atoms with Gasteiger partial charge in [0, 0.05) is 4.88 Å². The molecular formula is C25H29F3N4O2S. The van der Waals surface area contributed by atoms with Crippen LogP contribution < -0.4 is 10.9 Å². The zero-order valence-electron chi connectivity index (χ0n) is 20.0. The van der Waals surface area contributed by atoms with Crippen LogP contribution in [0.3, 0.4) is 0 Å². The summed E-state index contributed by atoms with van der Waals surface area (Å²) < 4.78 is 41.7. The van der Waals surface area contributed by atoms with Crippen LogP contribution in [-0.4, -0.2) is 33.4 Å². The maximum absolute atomic E-state index is 13.8. The molecule has 0 bridgehead atoms. The van der Waals surface area contributed by atoms with Gasteiger partial charge in [-0.3, -0.25) is 19.1 Å². The summed E-state index contributed by atoms with van der Waals surface area (Å²) in [5.74, 6) is -0.258. The Hall–Kier alpha value is -2.72. The highest BCUT2D eigenvalue weighted by Crippen LogP contribution is 2.36. The summed E-state index contributed by atoms with van der Waals surface area (Å²) >= 11 is 1.54. The second kappa shape index (κ2) is 10.1. The lowest BCUT2D eigenvalue weighted by Crippen LogP contribution is -2.37. The molecule has 1 amide bonds. The standard InChI is InChI=1S/C25H29F3N4O2S/c1-4-31(5-2)14-20-30-23-21(16-10-6-9-13-19(16)35-23)24(34)32(20)15(3)22(33)29-18-12-8-7-11-17(18)25(26,27)28/h7-8,11-12,15H,4-6,9-10,13-14H2,1-3H3,(H,29,33). The summed E-state index contributed by atoms with van der Waals surface area (Å²) in [6.07, 6.45) is -0.859. The Kier molecular flexibility index (Phi) is 7.32. The van der Waals surface area contributed by atoms with Crippen molar-refractivity contribution >= 4 is 33.1 Å². The van der Waals surface area contributed by atoms with Gasteiger partial charge in [-0.15, -0.1) is 11.3 Å². The van der Waals surface area contributed by atoms with Gasteiger partial charge in [-0.05, 0) is 63.4 Å². The van der Waals surface area contributed by atoms with Gasteiger partial charge in [-0.1, -0.05) is 26.0 Å². The van der Waals surface area contributed by atoms with Gasteiger partial charge in [0.15, 0.2) is 0 Å². The molecule has 1 aromatic carbocycles. The van der Waals surface area contributed by atoms with Crippen molar-refractivity contribution in [3.63, 3.8) is 0 Å². The van der Waals surface area contributed by atoms with Gasteiger partial charge in [-0.25, -0.2) is 4.98 Å². The number of benzene rings is 1. The first-order valence-electron chi connectivity index (χ1n) is 11.9. The van der Waals surface area contributed by atoms with Crippen molar-refractivity contribution in [1.29, 1.82) is 0 Å². The van der Waals surface area contributed by atoms with Gasteiger partial charge in [0.1, 0.15) is 16.7 Å². The van der Waals surface area contributed by atoms with E-state index in [0.29, 0.717) is 22.6 Å². The third kappa shape index (κ3) is 4.99. The fourth-order valence-corrected chi connectivity index (χ4v) is 5.88. The van der Waals surface area contributed by atoms with Crippen molar-refractivity contribution in [2.45, 2.75) is 65.2 Å². The van der Waals surface area contributed by atoms with E-state index in [-0.39, 0.29) is 11.2 Å². The van der Waals surface area contributed by atoms with Crippen molar-refractivity contribution in [2.24, 2.45) is 0 Å². The lowest BCUT2D eigenvalue weighted by Gasteiger charge is -2.24. The molecule has 10 heteroatoms. The Morgan fingerprint density at radius 2 is 1.89 bits per heavy atom. The second-order valence-corrected chi connectivity index (χ2v) is 9.85. The number of nitrogens with one attached hydrogen (secondary N) is 1. The fourth-order valence-electron chi connectivity index (χ4n) is 4.61. The Labute approximate surface area is 205 Å². The van der Waals surface area contributed by atoms with Crippen LogP contribution in [0.5, 0.6) is 0 Å². The van der Waals surface area contributed by atoms with Crippen LogP contribution in [0.15, 0.2) is 29.1 Å². The number of thiophene rings is 1. The van der Waals surface area contributed by atoms with E-state index in [1.165, 1.54) is 45.9 Å². The maximum Gasteiger partial charge on any atom is 0.418 e. The van der Waals surface area contributed by atoms with E-state index < -0.39 is 23.7 Å². The molecule has 6 nitrogen and oxygen atoms in total. The molecular weight excluding hydrogens is 477 g/mol. The number of halogens is 3. The molecule has 35 heavy (non-hydrogen) atoms. The van der Waals surface area contributed by atoms with Gasteiger partial charge < -0.3 is 5.32 Å². The fraction of sp³-hybridized carbons (Fsp3) is 0.480. The largest absolute Gasteiger partial charge is 0.418 e. The Morgan fingerprint density at radius 3 is 2.57 bits per heavy atom. The minimum absolute atomic E-state index is 0.302. The van der Waals surface area contributed by atoms with Crippen LogP contribution in [0.2, 0.25) is 0 Å². The quantitative estimate of drug-likeness (QED) is 0.466. The third-order valence-electron chi connectivity index (χ3n) is 6.61. The van der Waals surface area contributed by atoms with Crippen LogP contribution in [0, 0.1) is 0 Å². The summed E-state index contributed by atoms with van der Waals surface area (Å²) in [5, 5.41) is 2.94. The molecule has 4 rings (SSSR count). The van der Waals surface area contributed by atoms with Crippen LogP contribution >= 0.6 is 11.3 Å². The van der Waals surface area contributed by atoms with Crippen LogP contribution in [0.1, 0.15) is 61.5 Å².